The van der Waals surface area contributed by atoms with Crippen molar-refractivity contribution in [1.29, 1.82) is 0 Å². The zero-order valence-electron chi connectivity index (χ0n) is 10.9. The predicted octanol–water partition coefficient (Wildman–Crippen LogP) is 1.22. The lowest BCUT2D eigenvalue weighted by molar-refractivity contribution is -0.130. The summed E-state index contributed by atoms with van der Waals surface area (Å²) in [5.41, 5.74) is 1.06. The van der Waals surface area contributed by atoms with E-state index in [9.17, 15) is 4.79 Å². The van der Waals surface area contributed by atoms with E-state index in [1.807, 2.05) is 30.0 Å². The molecule has 0 atom stereocenters. The van der Waals surface area contributed by atoms with Crippen LogP contribution in [0.15, 0.2) is 24.4 Å². The highest BCUT2D eigenvalue weighted by Gasteiger charge is 2.30. The summed E-state index contributed by atoms with van der Waals surface area (Å²) in [6.45, 7) is 4.11. The highest BCUT2D eigenvalue weighted by Crippen LogP contribution is 2.26. The molecule has 0 radical (unpaired) electrons. The van der Waals surface area contributed by atoms with Crippen molar-refractivity contribution in [3.63, 3.8) is 0 Å². The number of hydrogen-bond donors (Lipinski definition) is 1. The molecule has 4 nitrogen and oxygen atoms in total. The summed E-state index contributed by atoms with van der Waals surface area (Å²) in [4.78, 5) is 18.1. The fourth-order valence-corrected chi connectivity index (χ4v) is 2.08. The van der Waals surface area contributed by atoms with Crippen LogP contribution in [0, 0.1) is 0 Å². The summed E-state index contributed by atoms with van der Waals surface area (Å²) in [6.07, 6.45) is 5.01. The van der Waals surface area contributed by atoms with Gasteiger partial charge < -0.3 is 10.2 Å². The quantitative estimate of drug-likeness (QED) is 0.737. The average Bonchev–Trinajstić information content (AvgIpc) is 3.21. The van der Waals surface area contributed by atoms with Gasteiger partial charge in [0.25, 0.3) is 0 Å². The third-order valence-corrected chi connectivity index (χ3v) is 3.21. The van der Waals surface area contributed by atoms with Gasteiger partial charge in [-0.3, -0.25) is 9.78 Å². The van der Waals surface area contributed by atoms with Crippen LogP contribution in [-0.4, -0.2) is 41.5 Å². The van der Waals surface area contributed by atoms with E-state index in [-0.39, 0.29) is 5.91 Å². The molecule has 1 saturated carbocycles. The van der Waals surface area contributed by atoms with Crippen LogP contribution in [0.5, 0.6) is 0 Å². The number of nitrogens with zero attached hydrogens (tertiary/aromatic N) is 2. The minimum absolute atomic E-state index is 0.223. The first-order chi connectivity index (χ1) is 8.81. The molecule has 4 heteroatoms. The maximum atomic E-state index is 11.9. The SMILES string of the molecule is CCN(C(=O)CNCCc1ccccn1)C1CC1. The molecule has 0 bridgehead atoms. The van der Waals surface area contributed by atoms with Crippen molar-refractivity contribution in [2.75, 3.05) is 19.6 Å². The number of carbonyl (C=O) groups excluding carboxylic acids is 1. The Bertz CT molecular complexity index is 376. The maximum Gasteiger partial charge on any atom is 0.236 e. The van der Waals surface area contributed by atoms with Gasteiger partial charge in [0.05, 0.1) is 6.54 Å². The van der Waals surface area contributed by atoms with Crippen molar-refractivity contribution in [1.82, 2.24) is 15.2 Å². The van der Waals surface area contributed by atoms with Crippen LogP contribution in [0.3, 0.4) is 0 Å². The number of aromatic nitrogens is 1. The topological polar surface area (TPSA) is 45.2 Å². The summed E-state index contributed by atoms with van der Waals surface area (Å²) >= 11 is 0. The Morgan fingerprint density at radius 3 is 2.94 bits per heavy atom. The van der Waals surface area contributed by atoms with E-state index in [4.69, 9.17) is 0 Å². The molecule has 0 saturated heterocycles. The maximum absolute atomic E-state index is 11.9. The zero-order chi connectivity index (χ0) is 12.8. The number of pyridine rings is 1. The molecule has 1 aliphatic carbocycles. The van der Waals surface area contributed by atoms with Crippen LogP contribution in [0.25, 0.3) is 0 Å². The highest BCUT2D eigenvalue weighted by atomic mass is 16.2. The van der Waals surface area contributed by atoms with Gasteiger partial charge in [-0.05, 0) is 31.9 Å². The first-order valence-corrected chi connectivity index (χ1v) is 6.71. The third-order valence-electron chi connectivity index (χ3n) is 3.21. The lowest BCUT2D eigenvalue weighted by Crippen LogP contribution is -2.39. The van der Waals surface area contributed by atoms with Gasteiger partial charge in [-0.1, -0.05) is 6.07 Å². The second-order valence-electron chi connectivity index (χ2n) is 4.66. The molecule has 1 aliphatic rings. The molecule has 1 aromatic heterocycles. The van der Waals surface area contributed by atoms with Crippen molar-refractivity contribution in [2.45, 2.75) is 32.2 Å². The van der Waals surface area contributed by atoms with E-state index in [1.54, 1.807) is 6.20 Å². The molecule has 1 amide bonds. The average molecular weight is 247 g/mol. The van der Waals surface area contributed by atoms with E-state index in [0.29, 0.717) is 12.6 Å². The second-order valence-corrected chi connectivity index (χ2v) is 4.66. The Kier molecular flexibility index (Phi) is 4.70. The summed E-state index contributed by atoms with van der Waals surface area (Å²) in [7, 11) is 0. The molecule has 0 spiro atoms. The molecular weight excluding hydrogens is 226 g/mol. The summed E-state index contributed by atoms with van der Waals surface area (Å²) in [6, 6.07) is 6.42. The summed E-state index contributed by atoms with van der Waals surface area (Å²) < 4.78 is 0. The molecule has 98 valence electrons. The molecule has 1 heterocycles. The molecule has 18 heavy (non-hydrogen) atoms. The molecule has 2 rings (SSSR count). The Morgan fingerprint density at radius 1 is 1.50 bits per heavy atom. The second kappa shape index (κ2) is 6.50. The number of likely N-dealkylation sites (N-methyl/N-ethyl adjacent to an activating group) is 1. The number of nitrogens with one attached hydrogen (secondary N) is 1. The number of rotatable bonds is 7. The van der Waals surface area contributed by atoms with Gasteiger partial charge in [-0.15, -0.1) is 0 Å². The van der Waals surface area contributed by atoms with Crippen LogP contribution < -0.4 is 5.32 Å². The van der Waals surface area contributed by atoms with Crippen molar-refractivity contribution in [3.05, 3.63) is 30.1 Å². The Morgan fingerprint density at radius 2 is 2.33 bits per heavy atom. The number of amides is 1. The van der Waals surface area contributed by atoms with E-state index < -0.39 is 0 Å². The van der Waals surface area contributed by atoms with Gasteiger partial charge in [0.1, 0.15) is 0 Å². The van der Waals surface area contributed by atoms with E-state index in [1.165, 1.54) is 12.8 Å². The van der Waals surface area contributed by atoms with E-state index >= 15 is 0 Å². The van der Waals surface area contributed by atoms with Crippen LogP contribution in [0.1, 0.15) is 25.5 Å². The Hall–Kier alpha value is -1.42. The molecule has 0 unspecified atom stereocenters. The summed E-state index contributed by atoms with van der Waals surface area (Å²) in [5.74, 6) is 0.223. The van der Waals surface area contributed by atoms with Crippen molar-refractivity contribution in [2.24, 2.45) is 0 Å². The van der Waals surface area contributed by atoms with Crippen LogP contribution >= 0.6 is 0 Å². The van der Waals surface area contributed by atoms with Gasteiger partial charge in [0.2, 0.25) is 5.91 Å². The van der Waals surface area contributed by atoms with Crippen LogP contribution in [0.4, 0.5) is 0 Å². The summed E-state index contributed by atoms with van der Waals surface area (Å²) in [5, 5.41) is 3.20. The lowest BCUT2D eigenvalue weighted by Gasteiger charge is -2.20. The van der Waals surface area contributed by atoms with Crippen molar-refractivity contribution >= 4 is 5.91 Å². The van der Waals surface area contributed by atoms with Crippen LogP contribution in [0.2, 0.25) is 0 Å². The lowest BCUT2D eigenvalue weighted by atomic mass is 10.3. The normalized spacial score (nSPS) is 14.5. The standard InChI is InChI=1S/C14H21N3O/c1-2-17(13-6-7-13)14(18)11-15-10-8-12-5-3-4-9-16-12/h3-5,9,13,15H,2,6-8,10-11H2,1H3. The minimum atomic E-state index is 0.223. The zero-order valence-corrected chi connectivity index (χ0v) is 10.9. The smallest absolute Gasteiger partial charge is 0.236 e. The molecular formula is C14H21N3O. The van der Waals surface area contributed by atoms with Gasteiger partial charge >= 0.3 is 0 Å². The number of hydrogen-bond acceptors (Lipinski definition) is 3. The van der Waals surface area contributed by atoms with Gasteiger partial charge in [0, 0.05) is 37.4 Å². The fraction of sp³-hybridized carbons (Fsp3) is 0.571. The van der Waals surface area contributed by atoms with E-state index in [0.717, 1.165) is 25.2 Å². The van der Waals surface area contributed by atoms with Gasteiger partial charge in [-0.2, -0.15) is 0 Å². The minimum Gasteiger partial charge on any atom is -0.339 e. The number of carbonyl (C=O) groups is 1. The van der Waals surface area contributed by atoms with Gasteiger partial charge in [0.15, 0.2) is 0 Å². The largest absolute Gasteiger partial charge is 0.339 e. The van der Waals surface area contributed by atoms with Crippen molar-refractivity contribution < 1.29 is 4.79 Å². The third kappa shape index (κ3) is 3.81. The van der Waals surface area contributed by atoms with Crippen LogP contribution in [-0.2, 0) is 11.2 Å². The monoisotopic (exact) mass is 247 g/mol. The first-order valence-electron chi connectivity index (χ1n) is 6.71. The first kappa shape index (κ1) is 13.0. The van der Waals surface area contributed by atoms with Crippen molar-refractivity contribution in [3.8, 4) is 0 Å². The molecule has 0 aromatic carbocycles. The molecule has 1 N–H and O–H groups in total. The Labute approximate surface area is 108 Å². The molecule has 0 aliphatic heterocycles. The molecule has 1 fully saturated rings. The highest BCUT2D eigenvalue weighted by molar-refractivity contribution is 5.78. The molecule has 1 aromatic rings. The predicted molar refractivity (Wildman–Crippen MR) is 71.2 cm³/mol. The fourth-order valence-electron chi connectivity index (χ4n) is 2.08. The van der Waals surface area contributed by atoms with E-state index in [2.05, 4.69) is 10.3 Å². The van der Waals surface area contributed by atoms with Gasteiger partial charge in [-0.25, -0.2) is 0 Å². The Balaban J connectivity index is 1.64.